The summed E-state index contributed by atoms with van der Waals surface area (Å²) in [4.78, 5) is 23.3. The van der Waals surface area contributed by atoms with Crippen LogP contribution in [-0.4, -0.2) is 59.2 Å². The number of carboxylic acid groups (broad SMARTS) is 1. The van der Waals surface area contributed by atoms with Gasteiger partial charge in [0.2, 0.25) is 0 Å². The number of aliphatic hydroxyl groups excluding tert-OH is 1. The molecule has 0 aliphatic carbocycles. The molecule has 0 saturated heterocycles. The van der Waals surface area contributed by atoms with Gasteiger partial charge in [-0.05, 0) is 60.3 Å². The summed E-state index contributed by atoms with van der Waals surface area (Å²) in [5.41, 5.74) is 4.04. The fourth-order valence-corrected chi connectivity index (χ4v) is 3.69. The summed E-state index contributed by atoms with van der Waals surface area (Å²) in [7, 11) is 0. The molecule has 1 unspecified atom stereocenters. The topological polar surface area (TPSA) is 108 Å². The Morgan fingerprint density at radius 1 is 1.03 bits per heavy atom. The van der Waals surface area contributed by atoms with Crippen molar-refractivity contribution in [2.24, 2.45) is 0 Å². The average Bonchev–Trinajstić information content (AvgIpc) is 2.70. The monoisotopic (exact) mass is 470 g/mol. The van der Waals surface area contributed by atoms with E-state index >= 15 is 0 Å². The van der Waals surface area contributed by atoms with E-state index in [1.54, 1.807) is 6.92 Å². The number of aliphatic hydroxyl groups is 1. The Bertz CT molecular complexity index is 642. The molecule has 0 fully saturated rings. The van der Waals surface area contributed by atoms with Crippen molar-refractivity contribution in [1.82, 2.24) is 10.6 Å². The number of allylic oxidation sites excluding steroid dienone is 5. The van der Waals surface area contributed by atoms with Crippen LogP contribution in [0, 0.1) is 0 Å². The highest BCUT2D eigenvalue weighted by Crippen LogP contribution is 2.13. The summed E-state index contributed by atoms with van der Waals surface area (Å²) in [5.74, 6) is -0.100. The fraction of sp³-hybridized carbons (Fsp3) is 0.667. The van der Waals surface area contributed by atoms with E-state index in [1.165, 1.54) is 28.5 Å². The molecule has 0 aromatic heterocycles. The highest BCUT2D eigenvalue weighted by Gasteiger charge is 2.19. The Hall–Kier alpha value is -1.77. The van der Waals surface area contributed by atoms with E-state index in [0.717, 1.165) is 25.7 Å². The molecule has 7 nitrogen and oxygen atoms in total. The van der Waals surface area contributed by atoms with Crippen molar-refractivity contribution in [3.8, 4) is 0 Å². The molecule has 0 aromatic carbocycles. The zero-order valence-electron chi connectivity index (χ0n) is 20.3. The molecule has 0 aliphatic rings. The van der Waals surface area contributed by atoms with E-state index in [-0.39, 0.29) is 18.7 Å². The molecule has 0 radical (unpaired) electrons. The number of carbonyl (C=O) groups is 2. The van der Waals surface area contributed by atoms with Gasteiger partial charge in [0.1, 0.15) is 6.04 Å². The van der Waals surface area contributed by atoms with Crippen LogP contribution in [0.2, 0.25) is 0 Å². The van der Waals surface area contributed by atoms with Crippen LogP contribution in [0.25, 0.3) is 0 Å². The Morgan fingerprint density at radius 2 is 1.66 bits per heavy atom. The molecule has 0 aromatic rings. The largest absolute Gasteiger partial charge is 0.480 e. The summed E-state index contributed by atoms with van der Waals surface area (Å²) < 4.78 is 4.96. The molecule has 2 amide bonds. The van der Waals surface area contributed by atoms with E-state index in [4.69, 9.17) is 4.74 Å². The lowest BCUT2D eigenvalue weighted by molar-refractivity contribution is -0.138. The van der Waals surface area contributed by atoms with Gasteiger partial charge in [-0.1, -0.05) is 34.9 Å². The molecule has 2 atom stereocenters. The van der Waals surface area contributed by atoms with Crippen molar-refractivity contribution in [1.29, 1.82) is 0 Å². The smallest absolute Gasteiger partial charge is 0.327 e. The lowest BCUT2D eigenvalue weighted by Gasteiger charge is -2.15. The number of aliphatic carboxylic acids is 1. The van der Waals surface area contributed by atoms with Crippen LogP contribution in [0.1, 0.15) is 66.7 Å². The van der Waals surface area contributed by atoms with Gasteiger partial charge in [0.15, 0.2) is 6.29 Å². The molecular formula is C24H42N2O5S. The first-order chi connectivity index (χ1) is 15.1. The van der Waals surface area contributed by atoms with Gasteiger partial charge in [-0.25, -0.2) is 9.59 Å². The molecule has 0 bridgehead atoms. The number of thioether (sulfide) groups is 1. The van der Waals surface area contributed by atoms with E-state index in [9.17, 15) is 19.8 Å². The minimum Gasteiger partial charge on any atom is -0.480 e. The Morgan fingerprint density at radius 3 is 2.25 bits per heavy atom. The third-order valence-corrected chi connectivity index (χ3v) is 5.57. The third-order valence-electron chi connectivity index (χ3n) is 4.60. The molecule has 0 saturated carbocycles. The van der Waals surface area contributed by atoms with Crippen molar-refractivity contribution in [3.63, 3.8) is 0 Å². The molecule has 8 heteroatoms. The number of rotatable bonds is 17. The van der Waals surface area contributed by atoms with Gasteiger partial charge in [0.25, 0.3) is 0 Å². The van der Waals surface area contributed by atoms with Crippen LogP contribution < -0.4 is 10.6 Å². The van der Waals surface area contributed by atoms with Gasteiger partial charge < -0.3 is 25.6 Å². The van der Waals surface area contributed by atoms with E-state index < -0.39 is 24.3 Å². The first-order valence-corrected chi connectivity index (χ1v) is 12.4. The maximum Gasteiger partial charge on any atom is 0.327 e. The molecule has 4 N–H and O–H groups in total. The Kier molecular flexibility index (Phi) is 17.7. The second-order valence-electron chi connectivity index (χ2n) is 7.99. The predicted octanol–water partition coefficient (Wildman–Crippen LogP) is 4.64. The quantitative estimate of drug-likeness (QED) is 0.140. The molecule has 0 heterocycles. The van der Waals surface area contributed by atoms with Gasteiger partial charge in [-0.3, -0.25) is 0 Å². The number of hydrogen-bond acceptors (Lipinski definition) is 5. The highest BCUT2D eigenvalue weighted by molar-refractivity contribution is 7.99. The average molecular weight is 471 g/mol. The van der Waals surface area contributed by atoms with Crippen molar-refractivity contribution >= 4 is 23.8 Å². The first kappa shape index (κ1) is 30.2. The highest BCUT2D eigenvalue weighted by atomic mass is 32.2. The van der Waals surface area contributed by atoms with Gasteiger partial charge in [-0.15, -0.1) is 0 Å². The number of urea groups is 1. The van der Waals surface area contributed by atoms with Gasteiger partial charge in [0, 0.05) is 31.1 Å². The molecule has 0 rings (SSSR count). The predicted molar refractivity (Wildman–Crippen MR) is 133 cm³/mol. The summed E-state index contributed by atoms with van der Waals surface area (Å²) in [6, 6.07) is -1.54. The van der Waals surface area contributed by atoms with Gasteiger partial charge in [0.05, 0.1) is 0 Å². The maximum atomic E-state index is 11.9. The second kappa shape index (κ2) is 18.8. The van der Waals surface area contributed by atoms with E-state index in [1.807, 2.05) is 0 Å². The molecule has 0 aliphatic heterocycles. The molecular weight excluding hydrogens is 428 g/mol. The minimum atomic E-state index is -1.07. The number of hydrogen-bond donors (Lipinski definition) is 4. The molecule has 32 heavy (non-hydrogen) atoms. The second-order valence-corrected chi connectivity index (χ2v) is 9.06. The van der Waals surface area contributed by atoms with Crippen molar-refractivity contribution < 1.29 is 24.5 Å². The number of ether oxygens (including phenoxy) is 1. The zero-order chi connectivity index (χ0) is 24.4. The summed E-state index contributed by atoms with van der Waals surface area (Å²) in [6.07, 6.45) is 10.1. The Balaban J connectivity index is 4.19. The van der Waals surface area contributed by atoms with Crippen LogP contribution in [0.3, 0.4) is 0 Å². The first-order valence-electron chi connectivity index (χ1n) is 11.2. The van der Waals surface area contributed by atoms with Crippen LogP contribution in [0.15, 0.2) is 34.9 Å². The van der Waals surface area contributed by atoms with Gasteiger partial charge in [-0.2, -0.15) is 11.8 Å². The number of nitrogens with one attached hydrogen (secondary N) is 2. The normalized spacial score (nSPS) is 13.9. The maximum absolute atomic E-state index is 11.9. The number of carbonyl (C=O) groups excluding carboxylic acids is 1. The van der Waals surface area contributed by atoms with E-state index in [0.29, 0.717) is 12.4 Å². The fourth-order valence-electron chi connectivity index (χ4n) is 2.69. The Labute approximate surface area is 197 Å². The van der Waals surface area contributed by atoms with Crippen molar-refractivity contribution in [2.45, 2.75) is 79.1 Å². The van der Waals surface area contributed by atoms with Gasteiger partial charge >= 0.3 is 12.0 Å². The zero-order valence-corrected chi connectivity index (χ0v) is 21.1. The molecule has 184 valence electrons. The van der Waals surface area contributed by atoms with E-state index in [2.05, 4.69) is 56.6 Å². The molecule has 0 spiro atoms. The lowest BCUT2D eigenvalue weighted by Crippen LogP contribution is -2.47. The van der Waals surface area contributed by atoms with Crippen LogP contribution in [0.5, 0.6) is 0 Å². The van der Waals surface area contributed by atoms with Crippen molar-refractivity contribution in [3.05, 3.63) is 34.9 Å². The summed E-state index contributed by atoms with van der Waals surface area (Å²) >= 11 is 1.47. The number of amides is 2. The third kappa shape index (κ3) is 17.9. The van der Waals surface area contributed by atoms with Crippen LogP contribution in [0.4, 0.5) is 4.79 Å². The SMILES string of the molecule is CCOC(O)CCNC(=O)N[C@@H](CSC/C=C(\C)CC/C=C(\C)CCC=C(C)C)C(=O)O. The summed E-state index contributed by atoms with van der Waals surface area (Å²) in [6.45, 7) is 10.8. The van der Waals surface area contributed by atoms with Crippen molar-refractivity contribution in [2.75, 3.05) is 24.7 Å². The lowest BCUT2D eigenvalue weighted by atomic mass is 10.1. The summed E-state index contributed by atoms with van der Waals surface area (Å²) in [5, 5.41) is 23.8. The minimum absolute atomic E-state index is 0.192. The standard InChI is InChI=1S/C24H42N2O5S/c1-6-31-22(27)13-15-25-24(30)26-21(23(28)29)17-32-16-14-20(5)12-8-11-19(4)10-7-9-18(2)3/h9,11,14,21-22,27H,6-8,10,12-13,15-17H2,1-5H3,(H,28,29)(H2,25,26,30)/b19-11+,20-14+/t21-,22?/m0/s1. The van der Waals surface area contributed by atoms with Crippen LogP contribution in [-0.2, 0) is 9.53 Å². The van der Waals surface area contributed by atoms with Crippen LogP contribution >= 0.6 is 11.8 Å². The number of carboxylic acids is 1.